The number of benzene rings is 1. The van der Waals surface area contributed by atoms with Crippen LogP contribution in [0.25, 0.3) is 0 Å². The fourth-order valence-electron chi connectivity index (χ4n) is 4.87. The minimum Gasteiger partial charge on any atom is -0.394 e. The molecular formula is C23H32O12. The highest BCUT2D eigenvalue weighted by molar-refractivity contribution is 5.16. The number of hydrogen-bond donors (Lipinski definition) is 2. The lowest BCUT2D eigenvalue weighted by Crippen LogP contribution is -2.65. The molecule has 0 aromatic heterocycles. The number of methoxy groups -OCH3 is 2. The lowest BCUT2D eigenvalue weighted by molar-refractivity contribution is -0.394. The van der Waals surface area contributed by atoms with Crippen LogP contribution in [-0.4, -0.2) is 113 Å². The molecule has 4 aliphatic rings. The topological polar surface area (TPSA) is 133 Å². The molecule has 5 rings (SSSR count). The van der Waals surface area contributed by atoms with E-state index in [0.717, 1.165) is 5.56 Å². The summed E-state index contributed by atoms with van der Waals surface area (Å²) in [6.07, 6.45) is -8.47. The van der Waals surface area contributed by atoms with Crippen molar-refractivity contribution in [1.82, 2.24) is 0 Å². The Hall–Kier alpha value is -1.26. The summed E-state index contributed by atoms with van der Waals surface area (Å²) in [7, 11) is 2.95. The van der Waals surface area contributed by atoms with Crippen LogP contribution in [-0.2, 0) is 47.4 Å². The van der Waals surface area contributed by atoms with Gasteiger partial charge in [0.2, 0.25) is 0 Å². The lowest BCUT2D eigenvalue weighted by atomic mass is 9.97. The van der Waals surface area contributed by atoms with E-state index in [4.69, 9.17) is 47.4 Å². The van der Waals surface area contributed by atoms with Gasteiger partial charge in [0.1, 0.15) is 62.4 Å². The summed E-state index contributed by atoms with van der Waals surface area (Å²) in [4.78, 5) is 0. The molecule has 0 aliphatic carbocycles. The van der Waals surface area contributed by atoms with Gasteiger partial charge in [0.15, 0.2) is 18.9 Å². The van der Waals surface area contributed by atoms with Gasteiger partial charge < -0.3 is 57.6 Å². The summed E-state index contributed by atoms with van der Waals surface area (Å²) < 4.78 is 58.7. The highest BCUT2D eigenvalue weighted by Crippen LogP contribution is 2.37. The van der Waals surface area contributed by atoms with Crippen LogP contribution in [0, 0.1) is 0 Å². The Labute approximate surface area is 202 Å². The molecule has 1 aromatic rings. The summed E-state index contributed by atoms with van der Waals surface area (Å²) in [6, 6.07) is 9.57. The van der Waals surface area contributed by atoms with Gasteiger partial charge in [-0.05, 0) is 0 Å². The van der Waals surface area contributed by atoms with Crippen molar-refractivity contribution in [2.45, 2.75) is 67.7 Å². The van der Waals surface area contributed by atoms with Gasteiger partial charge in [-0.2, -0.15) is 0 Å². The fourth-order valence-corrected chi connectivity index (χ4v) is 4.87. The highest BCUT2D eigenvalue weighted by atomic mass is 16.8. The van der Waals surface area contributed by atoms with Crippen LogP contribution < -0.4 is 0 Å². The van der Waals surface area contributed by atoms with Gasteiger partial charge >= 0.3 is 0 Å². The summed E-state index contributed by atoms with van der Waals surface area (Å²) in [5.74, 6) is 0. The summed E-state index contributed by atoms with van der Waals surface area (Å²) >= 11 is 0. The SMILES string of the molecule is CO[C@H]1O[C@@H]2COC(c3ccccc3)O[C@H]2[C@@H]2OCO[C@H]3[C@H](O)[C@@H](CO)O[C@H](OC)[C@@H]3OCO[C@@H]12. The van der Waals surface area contributed by atoms with E-state index >= 15 is 0 Å². The third-order valence-corrected chi connectivity index (χ3v) is 6.66. The van der Waals surface area contributed by atoms with Gasteiger partial charge in [-0.25, -0.2) is 0 Å². The van der Waals surface area contributed by atoms with E-state index < -0.39 is 74.3 Å². The molecule has 1 unspecified atom stereocenters. The number of ether oxygens (including phenoxy) is 10. The molecule has 12 heteroatoms. The van der Waals surface area contributed by atoms with Crippen molar-refractivity contribution in [2.75, 3.05) is 41.0 Å². The van der Waals surface area contributed by atoms with Gasteiger partial charge in [0, 0.05) is 19.8 Å². The van der Waals surface area contributed by atoms with Crippen molar-refractivity contribution in [1.29, 1.82) is 0 Å². The Bertz CT molecular complexity index is 798. The van der Waals surface area contributed by atoms with Gasteiger partial charge in [-0.3, -0.25) is 0 Å². The fraction of sp³-hybridized carbons (Fsp3) is 0.739. The Morgan fingerprint density at radius 2 is 1.40 bits per heavy atom. The predicted molar refractivity (Wildman–Crippen MR) is 114 cm³/mol. The first-order chi connectivity index (χ1) is 17.1. The normalized spacial score (nSPS) is 44.5. The molecule has 35 heavy (non-hydrogen) atoms. The Morgan fingerprint density at radius 1 is 0.771 bits per heavy atom. The molecule has 0 radical (unpaired) electrons. The van der Waals surface area contributed by atoms with Gasteiger partial charge in [-0.1, -0.05) is 30.3 Å². The Kier molecular flexibility index (Phi) is 8.29. The Morgan fingerprint density at radius 3 is 2.09 bits per heavy atom. The molecule has 196 valence electrons. The molecule has 11 atom stereocenters. The second-order valence-electron chi connectivity index (χ2n) is 8.67. The molecule has 4 aliphatic heterocycles. The summed E-state index contributed by atoms with van der Waals surface area (Å²) in [5.41, 5.74) is 0.866. The van der Waals surface area contributed by atoms with Crippen molar-refractivity contribution in [3.63, 3.8) is 0 Å². The zero-order valence-electron chi connectivity index (χ0n) is 19.5. The maximum absolute atomic E-state index is 10.7. The number of fused-ring (bicyclic) bond motifs is 4. The average molecular weight is 500 g/mol. The largest absolute Gasteiger partial charge is 0.394 e. The summed E-state index contributed by atoms with van der Waals surface area (Å²) in [5, 5.41) is 20.3. The first kappa shape index (κ1) is 25.4. The van der Waals surface area contributed by atoms with Crippen molar-refractivity contribution in [3.8, 4) is 0 Å². The molecule has 4 saturated heterocycles. The van der Waals surface area contributed by atoms with Crippen LogP contribution in [0.5, 0.6) is 0 Å². The zero-order valence-corrected chi connectivity index (χ0v) is 19.5. The van der Waals surface area contributed by atoms with Crippen LogP contribution in [0.4, 0.5) is 0 Å². The molecule has 0 amide bonds. The van der Waals surface area contributed by atoms with Gasteiger partial charge in [-0.15, -0.1) is 0 Å². The van der Waals surface area contributed by atoms with E-state index in [1.807, 2.05) is 30.3 Å². The van der Waals surface area contributed by atoms with E-state index in [1.165, 1.54) is 14.2 Å². The van der Waals surface area contributed by atoms with Crippen LogP contribution >= 0.6 is 0 Å². The van der Waals surface area contributed by atoms with Crippen molar-refractivity contribution < 1.29 is 57.6 Å². The third kappa shape index (κ3) is 5.12. The number of rotatable bonds is 4. The van der Waals surface area contributed by atoms with Crippen LogP contribution in [0.2, 0.25) is 0 Å². The van der Waals surface area contributed by atoms with Crippen molar-refractivity contribution in [3.05, 3.63) is 35.9 Å². The minimum absolute atomic E-state index is 0.214. The average Bonchev–Trinajstić information content (AvgIpc) is 2.91. The molecule has 2 N–H and O–H groups in total. The quantitative estimate of drug-likeness (QED) is 0.561. The predicted octanol–water partition coefficient (Wildman–Crippen LogP) is -0.334. The first-order valence-electron chi connectivity index (χ1n) is 11.6. The molecule has 4 fully saturated rings. The van der Waals surface area contributed by atoms with Crippen molar-refractivity contribution in [2.24, 2.45) is 0 Å². The van der Waals surface area contributed by atoms with Crippen LogP contribution in [0.3, 0.4) is 0 Å². The zero-order chi connectivity index (χ0) is 24.4. The number of aliphatic hydroxyl groups excluding tert-OH is 2. The monoisotopic (exact) mass is 500 g/mol. The summed E-state index contributed by atoms with van der Waals surface area (Å²) in [6.45, 7) is -0.585. The van der Waals surface area contributed by atoms with Crippen LogP contribution in [0.15, 0.2) is 30.3 Å². The van der Waals surface area contributed by atoms with Gasteiger partial charge in [0.05, 0.1) is 13.2 Å². The second kappa shape index (κ2) is 11.4. The third-order valence-electron chi connectivity index (χ3n) is 6.66. The van der Waals surface area contributed by atoms with E-state index in [2.05, 4.69) is 0 Å². The Balaban J connectivity index is 1.35. The van der Waals surface area contributed by atoms with E-state index in [0.29, 0.717) is 0 Å². The smallest absolute Gasteiger partial charge is 0.186 e. The van der Waals surface area contributed by atoms with E-state index in [1.54, 1.807) is 0 Å². The van der Waals surface area contributed by atoms with Gasteiger partial charge in [0.25, 0.3) is 0 Å². The molecule has 0 spiro atoms. The highest BCUT2D eigenvalue weighted by Gasteiger charge is 2.53. The maximum Gasteiger partial charge on any atom is 0.186 e. The minimum atomic E-state index is -1.17. The standard InChI is InChI=1S/C23H32O12/c1-26-22-19-17(15(25)13(8-24)33-22)29-10-30-18-16-14(34-23(27-2)20(18)32-11-31-19)9-28-21(35-16)12-6-4-3-5-7-12/h3-7,13-25H,8-11H2,1-2H3/t13-,14-,15-,16-,17+,18+,19-,20-,21?,22+,23+/m1/s1. The maximum atomic E-state index is 10.7. The lowest BCUT2D eigenvalue weighted by Gasteiger charge is -2.49. The number of aliphatic hydroxyl groups is 2. The molecule has 0 bridgehead atoms. The second-order valence-corrected chi connectivity index (χ2v) is 8.67. The van der Waals surface area contributed by atoms with Crippen LogP contribution in [0.1, 0.15) is 11.9 Å². The number of hydrogen-bond acceptors (Lipinski definition) is 12. The first-order valence-corrected chi connectivity index (χ1v) is 11.6. The molecule has 4 heterocycles. The molecular weight excluding hydrogens is 468 g/mol. The van der Waals surface area contributed by atoms with E-state index in [-0.39, 0.29) is 20.2 Å². The molecule has 1 aromatic carbocycles. The van der Waals surface area contributed by atoms with E-state index in [9.17, 15) is 10.2 Å². The van der Waals surface area contributed by atoms with Crippen molar-refractivity contribution >= 4 is 0 Å². The molecule has 12 nitrogen and oxygen atoms in total. The molecule has 0 saturated carbocycles.